The molecule has 21 heavy (non-hydrogen) atoms. The Labute approximate surface area is 133 Å². The van der Waals surface area contributed by atoms with E-state index in [2.05, 4.69) is 33.2 Å². The monoisotopic (exact) mass is 350 g/mol. The first-order valence-corrected chi connectivity index (χ1v) is 7.59. The van der Waals surface area contributed by atoms with E-state index in [4.69, 9.17) is 0 Å². The van der Waals surface area contributed by atoms with E-state index in [9.17, 15) is 10.2 Å². The van der Waals surface area contributed by atoms with Crippen LogP contribution in [0.2, 0.25) is 0 Å². The number of nitrogens with zero attached hydrogens (tertiary/aromatic N) is 1. The lowest BCUT2D eigenvalue weighted by atomic mass is 10.1. The summed E-state index contributed by atoms with van der Waals surface area (Å²) in [7, 11) is 0. The van der Waals surface area contributed by atoms with Gasteiger partial charge >= 0.3 is 0 Å². The van der Waals surface area contributed by atoms with Crippen LogP contribution in [0.3, 0.4) is 0 Å². The average Bonchev–Trinajstić information content (AvgIpc) is 2.49. The standard InChI is InChI=1S/C16H19BrN2O2/c1-10(13-5-3-4-6-15(13)17)19-8-14-12(9-20)7-18-11(2)16(14)21/h3-7,10,19-21H,8-9H2,1-2H3/t10-/m0/s1. The summed E-state index contributed by atoms with van der Waals surface area (Å²) in [4.78, 5) is 4.06. The van der Waals surface area contributed by atoms with Crippen molar-refractivity contribution in [3.63, 3.8) is 0 Å². The minimum atomic E-state index is -0.138. The zero-order valence-corrected chi connectivity index (χ0v) is 13.7. The summed E-state index contributed by atoms with van der Waals surface area (Å²) < 4.78 is 1.04. The van der Waals surface area contributed by atoms with E-state index in [-0.39, 0.29) is 18.4 Å². The number of hydrogen-bond donors (Lipinski definition) is 3. The van der Waals surface area contributed by atoms with Gasteiger partial charge in [0.05, 0.1) is 12.3 Å². The Kier molecular flexibility index (Phi) is 5.33. The van der Waals surface area contributed by atoms with Crippen LogP contribution in [-0.4, -0.2) is 15.2 Å². The molecule has 1 heterocycles. The van der Waals surface area contributed by atoms with Gasteiger partial charge in [-0.05, 0) is 25.5 Å². The first kappa shape index (κ1) is 15.9. The second-order valence-corrected chi connectivity index (χ2v) is 5.83. The summed E-state index contributed by atoms with van der Waals surface area (Å²) in [5.41, 5.74) is 3.06. The number of pyridine rings is 1. The number of nitrogens with one attached hydrogen (secondary N) is 1. The fourth-order valence-corrected chi connectivity index (χ4v) is 2.84. The first-order valence-electron chi connectivity index (χ1n) is 6.79. The maximum Gasteiger partial charge on any atom is 0.141 e. The summed E-state index contributed by atoms with van der Waals surface area (Å²) in [6.07, 6.45) is 1.61. The number of halogens is 1. The van der Waals surface area contributed by atoms with Crippen molar-refractivity contribution >= 4 is 15.9 Å². The molecule has 1 aromatic heterocycles. The van der Waals surface area contributed by atoms with Crippen molar-refractivity contribution in [1.29, 1.82) is 0 Å². The maximum absolute atomic E-state index is 10.1. The van der Waals surface area contributed by atoms with Crippen LogP contribution in [-0.2, 0) is 13.2 Å². The molecule has 0 aliphatic carbocycles. The first-order chi connectivity index (χ1) is 10.0. The fraction of sp³-hybridized carbons (Fsp3) is 0.312. The van der Waals surface area contributed by atoms with Crippen LogP contribution in [0.1, 0.15) is 35.3 Å². The van der Waals surface area contributed by atoms with E-state index in [1.165, 1.54) is 0 Å². The van der Waals surface area contributed by atoms with Gasteiger partial charge in [0.2, 0.25) is 0 Å². The molecule has 2 aromatic rings. The minimum absolute atomic E-state index is 0.111. The predicted octanol–water partition coefficient (Wildman–Crippen LogP) is 3.20. The van der Waals surface area contributed by atoms with E-state index < -0.39 is 0 Å². The van der Waals surface area contributed by atoms with Crippen molar-refractivity contribution in [1.82, 2.24) is 10.3 Å². The maximum atomic E-state index is 10.1. The summed E-state index contributed by atoms with van der Waals surface area (Å²) in [5, 5.41) is 22.9. The van der Waals surface area contributed by atoms with Crippen molar-refractivity contribution in [2.45, 2.75) is 33.0 Å². The van der Waals surface area contributed by atoms with Gasteiger partial charge in [-0.1, -0.05) is 34.1 Å². The predicted molar refractivity (Wildman–Crippen MR) is 86.0 cm³/mol. The number of rotatable bonds is 5. The second-order valence-electron chi connectivity index (χ2n) is 4.98. The quantitative estimate of drug-likeness (QED) is 0.774. The molecule has 5 heteroatoms. The Morgan fingerprint density at radius 2 is 2.05 bits per heavy atom. The van der Waals surface area contributed by atoms with Crippen LogP contribution in [0.5, 0.6) is 5.75 Å². The van der Waals surface area contributed by atoms with Crippen molar-refractivity contribution in [3.05, 3.63) is 57.3 Å². The van der Waals surface area contributed by atoms with Crippen molar-refractivity contribution in [3.8, 4) is 5.75 Å². The molecule has 1 aromatic carbocycles. The number of aryl methyl sites for hydroxylation is 1. The van der Waals surface area contributed by atoms with E-state index >= 15 is 0 Å². The minimum Gasteiger partial charge on any atom is -0.506 e. The molecule has 0 radical (unpaired) electrons. The Bertz CT molecular complexity index is 632. The third-order valence-corrected chi connectivity index (χ3v) is 4.28. The molecule has 0 saturated heterocycles. The lowest BCUT2D eigenvalue weighted by molar-refractivity contribution is 0.278. The van der Waals surface area contributed by atoms with Gasteiger partial charge in [0.25, 0.3) is 0 Å². The molecule has 1 atom stereocenters. The molecular weight excluding hydrogens is 332 g/mol. The van der Waals surface area contributed by atoms with E-state index in [0.29, 0.717) is 23.4 Å². The molecule has 0 amide bonds. The SMILES string of the molecule is Cc1ncc(CO)c(CN[C@@H](C)c2ccccc2Br)c1O. The Hall–Kier alpha value is -1.43. The highest BCUT2D eigenvalue weighted by Gasteiger charge is 2.14. The third-order valence-electron chi connectivity index (χ3n) is 3.56. The lowest BCUT2D eigenvalue weighted by Gasteiger charge is -2.18. The number of aliphatic hydroxyl groups excluding tert-OH is 1. The fourth-order valence-electron chi connectivity index (χ4n) is 2.21. The van der Waals surface area contributed by atoms with Crippen LogP contribution in [0.25, 0.3) is 0 Å². The van der Waals surface area contributed by atoms with Crippen molar-refractivity contribution < 1.29 is 10.2 Å². The summed E-state index contributed by atoms with van der Waals surface area (Å²) in [6, 6.07) is 8.13. The molecule has 4 nitrogen and oxygen atoms in total. The van der Waals surface area contributed by atoms with E-state index in [1.807, 2.05) is 24.3 Å². The van der Waals surface area contributed by atoms with Gasteiger partial charge in [-0.25, -0.2) is 0 Å². The average molecular weight is 351 g/mol. The van der Waals surface area contributed by atoms with Crippen LogP contribution >= 0.6 is 15.9 Å². The molecule has 3 N–H and O–H groups in total. The van der Waals surface area contributed by atoms with Crippen molar-refractivity contribution in [2.24, 2.45) is 0 Å². The number of hydrogen-bond acceptors (Lipinski definition) is 4. The Morgan fingerprint density at radius 3 is 2.71 bits per heavy atom. The number of benzene rings is 1. The summed E-state index contributed by atoms with van der Waals surface area (Å²) >= 11 is 3.54. The van der Waals surface area contributed by atoms with Crippen LogP contribution in [0.4, 0.5) is 0 Å². The molecule has 0 unspecified atom stereocenters. The van der Waals surface area contributed by atoms with Gasteiger partial charge in [-0.2, -0.15) is 0 Å². The molecule has 0 bridgehead atoms. The molecule has 0 saturated carbocycles. The highest BCUT2D eigenvalue weighted by Crippen LogP contribution is 2.26. The van der Waals surface area contributed by atoms with Gasteiger partial charge in [-0.3, -0.25) is 4.98 Å². The molecule has 2 rings (SSSR count). The van der Waals surface area contributed by atoms with E-state index in [1.54, 1.807) is 13.1 Å². The van der Waals surface area contributed by atoms with Gasteiger partial charge in [0.1, 0.15) is 5.75 Å². The topological polar surface area (TPSA) is 65.4 Å². The molecule has 0 aliphatic heterocycles. The van der Waals surface area contributed by atoms with Gasteiger partial charge < -0.3 is 15.5 Å². The molecular formula is C16H19BrN2O2. The van der Waals surface area contributed by atoms with Gasteiger partial charge in [0.15, 0.2) is 0 Å². The van der Waals surface area contributed by atoms with Gasteiger partial charge in [-0.15, -0.1) is 0 Å². The zero-order valence-electron chi connectivity index (χ0n) is 12.1. The zero-order chi connectivity index (χ0) is 15.4. The van der Waals surface area contributed by atoms with Crippen LogP contribution in [0.15, 0.2) is 34.9 Å². The summed E-state index contributed by atoms with van der Waals surface area (Å²) in [6.45, 7) is 4.13. The number of aromatic hydroxyl groups is 1. The highest BCUT2D eigenvalue weighted by molar-refractivity contribution is 9.10. The smallest absolute Gasteiger partial charge is 0.141 e. The Balaban J connectivity index is 2.17. The largest absolute Gasteiger partial charge is 0.506 e. The van der Waals surface area contributed by atoms with E-state index in [0.717, 1.165) is 10.0 Å². The van der Waals surface area contributed by atoms with Crippen LogP contribution in [0, 0.1) is 6.92 Å². The third kappa shape index (κ3) is 3.61. The summed E-state index contributed by atoms with van der Waals surface area (Å²) in [5.74, 6) is 0.147. The Morgan fingerprint density at radius 1 is 1.33 bits per heavy atom. The number of aromatic nitrogens is 1. The molecule has 0 aliphatic rings. The van der Waals surface area contributed by atoms with Crippen molar-refractivity contribution in [2.75, 3.05) is 0 Å². The molecule has 0 spiro atoms. The molecule has 0 fully saturated rings. The normalized spacial score (nSPS) is 12.4. The molecule has 112 valence electrons. The lowest BCUT2D eigenvalue weighted by Crippen LogP contribution is -2.19. The second kappa shape index (κ2) is 7.02. The number of aliphatic hydroxyl groups is 1. The van der Waals surface area contributed by atoms with Crippen LogP contribution < -0.4 is 5.32 Å². The highest BCUT2D eigenvalue weighted by atomic mass is 79.9. The van der Waals surface area contributed by atoms with Gasteiger partial charge in [0, 0.05) is 34.4 Å².